The van der Waals surface area contributed by atoms with Crippen molar-refractivity contribution in [2.75, 3.05) is 11.9 Å². The standard InChI is InChI=1S/C19H25N5O2.ClH/c20-11-15-5-2-7-17(15)19(26)21-12-14-4-1-6-16(10-14)23-18(25)13-24-9-3-8-22-24;/h1,3-4,6,8-10,15,17H,2,5,7,11-13,20H2,(H,21,26)(H,23,25);1H/t15-,17-;/m1./s1. The van der Waals surface area contributed by atoms with Crippen molar-refractivity contribution in [3.63, 3.8) is 0 Å². The number of hydrogen-bond donors (Lipinski definition) is 3. The lowest BCUT2D eigenvalue weighted by molar-refractivity contribution is -0.126. The first kappa shape index (κ1) is 20.9. The fourth-order valence-corrected chi connectivity index (χ4v) is 3.49. The van der Waals surface area contributed by atoms with Crippen molar-refractivity contribution in [3.05, 3.63) is 48.3 Å². The molecule has 4 N–H and O–H groups in total. The molecule has 0 radical (unpaired) electrons. The van der Waals surface area contributed by atoms with Gasteiger partial charge in [0.05, 0.1) is 0 Å². The van der Waals surface area contributed by atoms with Gasteiger partial charge in [0.25, 0.3) is 0 Å². The number of halogens is 1. The Kier molecular flexibility index (Phi) is 7.82. The monoisotopic (exact) mass is 391 g/mol. The first-order valence-electron chi connectivity index (χ1n) is 8.99. The summed E-state index contributed by atoms with van der Waals surface area (Å²) >= 11 is 0. The minimum atomic E-state index is -0.147. The highest BCUT2D eigenvalue weighted by atomic mass is 35.5. The average Bonchev–Trinajstić information content (AvgIpc) is 3.31. The number of carbonyl (C=O) groups excluding carboxylic acids is 2. The van der Waals surface area contributed by atoms with Gasteiger partial charge in [0.1, 0.15) is 6.54 Å². The third kappa shape index (κ3) is 5.80. The van der Waals surface area contributed by atoms with E-state index in [1.54, 1.807) is 23.1 Å². The zero-order valence-corrected chi connectivity index (χ0v) is 16.0. The van der Waals surface area contributed by atoms with Crippen molar-refractivity contribution in [3.8, 4) is 0 Å². The molecule has 1 aliphatic carbocycles. The summed E-state index contributed by atoms with van der Waals surface area (Å²) in [7, 11) is 0. The van der Waals surface area contributed by atoms with Crippen LogP contribution in [-0.2, 0) is 22.7 Å². The number of nitrogens with two attached hydrogens (primary N) is 1. The molecule has 1 aromatic carbocycles. The van der Waals surface area contributed by atoms with E-state index in [4.69, 9.17) is 5.73 Å². The van der Waals surface area contributed by atoms with Crippen LogP contribution < -0.4 is 16.4 Å². The summed E-state index contributed by atoms with van der Waals surface area (Å²) in [6.07, 6.45) is 6.39. The van der Waals surface area contributed by atoms with E-state index < -0.39 is 0 Å². The predicted molar refractivity (Wildman–Crippen MR) is 106 cm³/mol. The molecule has 8 heteroatoms. The number of hydrogen-bond acceptors (Lipinski definition) is 4. The molecule has 1 aliphatic rings. The van der Waals surface area contributed by atoms with E-state index in [1.165, 1.54) is 0 Å². The van der Waals surface area contributed by atoms with Gasteiger partial charge in [0.15, 0.2) is 0 Å². The molecular formula is C19H26ClN5O2. The topological polar surface area (TPSA) is 102 Å². The minimum absolute atomic E-state index is 0. The fourth-order valence-electron chi connectivity index (χ4n) is 3.49. The molecule has 1 aromatic heterocycles. The van der Waals surface area contributed by atoms with Crippen molar-refractivity contribution in [2.24, 2.45) is 17.6 Å². The van der Waals surface area contributed by atoms with E-state index in [1.807, 2.05) is 24.3 Å². The summed E-state index contributed by atoms with van der Waals surface area (Å²) in [5.74, 6) is 0.248. The molecule has 0 unspecified atom stereocenters. The van der Waals surface area contributed by atoms with Crippen LogP contribution in [0.3, 0.4) is 0 Å². The van der Waals surface area contributed by atoms with E-state index >= 15 is 0 Å². The number of amides is 2. The van der Waals surface area contributed by atoms with E-state index in [2.05, 4.69) is 15.7 Å². The van der Waals surface area contributed by atoms with Crippen molar-refractivity contribution in [2.45, 2.75) is 32.4 Å². The summed E-state index contributed by atoms with van der Waals surface area (Å²) in [4.78, 5) is 24.4. The maximum Gasteiger partial charge on any atom is 0.246 e. The van der Waals surface area contributed by atoms with Gasteiger partial charge in [-0.15, -0.1) is 12.4 Å². The van der Waals surface area contributed by atoms with Gasteiger partial charge in [-0.3, -0.25) is 14.3 Å². The number of nitrogens with zero attached hydrogens (tertiary/aromatic N) is 2. The maximum absolute atomic E-state index is 12.4. The van der Waals surface area contributed by atoms with Crippen LogP contribution in [0, 0.1) is 11.8 Å². The lowest BCUT2D eigenvalue weighted by Crippen LogP contribution is -2.34. The molecule has 0 aliphatic heterocycles. The second-order valence-electron chi connectivity index (χ2n) is 6.70. The number of rotatable bonds is 7. The Labute approximate surface area is 165 Å². The quantitative estimate of drug-likeness (QED) is 0.671. The first-order chi connectivity index (χ1) is 12.7. The normalized spacial score (nSPS) is 18.6. The van der Waals surface area contributed by atoms with Crippen LogP contribution in [-0.4, -0.2) is 28.1 Å². The Hall–Kier alpha value is -2.38. The van der Waals surface area contributed by atoms with Gasteiger partial charge in [-0.25, -0.2) is 0 Å². The van der Waals surface area contributed by atoms with Crippen molar-refractivity contribution in [1.29, 1.82) is 0 Å². The third-order valence-corrected chi connectivity index (χ3v) is 4.84. The number of carbonyl (C=O) groups is 2. The Bertz CT molecular complexity index is 750. The molecule has 0 bridgehead atoms. The van der Waals surface area contributed by atoms with Gasteiger partial charge in [-0.05, 0) is 49.1 Å². The molecule has 1 saturated carbocycles. The van der Waals surface area contributed by atoms with Crippen molar-refractivity contribution >= 4 is 29.9 Å². The summed E-state index contributed by atoms with van der Waals surface area (Å²) in [5, 5.41) is 9.87. The van der Waals surface area contributed by atoms with Crippen molar-refractivity contribution in [1.82, 2.24) is 15.1 Å². The van der Waals surface area contributed by atoms with Crippen molar-refractivity contribution < 1.29 is 9.59 Å². The van der Waals surface area contributed by atoms with Crippen LogP contribution in [0.5, 0.6) is 0 Å². The summed E-state index contributed by atoms with van der Waals surface area (Å²) in [6, 6.07) is 9.27. The first-order valence-corrected chi connectivity index (χ1v) is 8.99. The molecule has 0 saturated heterocycles. The van der Waals surface area contributed by atoms with E-state index in [0.29, 0.717) is 24.7 Å². The Morgan fingerprint density at radius 3 is 2.85 bits per heavy atom. The molecule has 1 heterocycles. The Morgan fingerprint density at radius 2 is 2.11 bits per heavy atom. The lowest BCUT2D eigenvalue weighted by atomic mass is 9.95. The molecule has 1 fully saturated rings. The molecule has 7 nitrogen and oxygen atoms in total. The highest BCUT2D eigenvalue weighted by Crippen LogP contribution is 2.31. The number of nitrogens with one attached hydrogen (secondary N) is 2. The summed E-state index contributed by atoms with van der Waals surface area (Å²) < 4.78 is 1.56. The molecule has 0 spiro atoms. The Morgan fingerprint density at radius 1 is 1.26 bits per heavy atom. The molecular weight excluding hydrogens is 366 g/mol. The average molecular weight is 392 g/mol. The van der Waals surface area contributed by atoms with E-state index in [9.17, 15) is 9.59 Å². The smallest absolute Gasteiger partial charge is 0.246 e. The summed E-state index contributed by atoms with van der Waals surface area (Å²) in [5.41, 5.74) is 7.40. The Balaban J connectivity index is 0.00000261. The molecule has 2 atom stereocenters. The second kappa shape index (κ2) is 10.1. The van der Waals surface area contributed by atoms with Crippen LogP contribution >= 0.6 is 12.4 Å². The third-order valence-electron chi connectivity index (χ3n) is 4.84. The van der Waals surface area contributed by atoms with Gasteiger partial charge in [0.2, 0.25) is 11.8 Å². The zero-order chi connectivity index (χ0) is 18.4. The largest absolute Gasteiger partial charge is 0.352 e. The fraction of sp³-hybridized carbons (Fsp3) is 0.421. The van der Waals surface area contributed by atoms with Gasteiger partial charge in [-0.1, -0.05) is 18.6 Å². The van der Waals surface area contributed by atoms with Crippen LogP contribution in [0.2, 0.25) is 0 Å². The van der Waals surface area contributed by atoms with E-state index in [0.717, 1.165) is 24.8 Å². The zero-order valence-electron chi connectivity index (χ0n) is 15.1. The van der Waals surface area contributed by atoms with Crippen LogP contribution in [0.1, 0.15) is 24.8 Å². The van der Waals surface area contributed by atoms with Gasteiger partial charge >= 0.3 is 0 Å². The maximum atomic E-state index is 12.4. The summed E-state index contributed by atoms with van der Waals surface area (Å²) in [6.45, 7) is 1.17. The van der Waals surface area contributed by atoms with Gasteiger partial charge < -0.3 is 16.4 Å². The van der Waals surface area contributed by atoms with Crippen LogP contribution in [0.25, 0.3) is 0 Å². The SMILES string of the molecule is Cl.NC[C@H]1CCC[C@H]1C(=O)NCc1cccc(NC(=O)Cn2cccn2)c1. The molecule has 3 rings (SSSR count). The van der Waals surface area contributed by atoms with E-state index in [-0.39, 0.29) is 36.7 Å². The highest BCUT2D eigenvalue weighted by molar-refractivity contribution is 5.90. The number of anilines is 1. The molecule has 27 heavy (non-hydrogen) atoms. The molecule has 2 aromatic rings. The number of aromatic nitrogens is 2. The van der Waals surface area contributed by atoms with Gasteiger partial charge in [0, 0.05) is 30.5 Å². The second-order valence-corrected chi connectivity index (χ2v) is 6.70. The van der Waals surface area contributed by atoms with Crippen LogP contribution in [0.15, 0.2) is 42.7 Å². The number of benzene rings is 1. The van der Waals surface area contributed by atoms with Crippen LogP contribution in [0.4, 0.5) is 5.69 Å². The molecule has 2 amide bonds. The lowest BCUT2D eigenvalue weighted by Gasteiger charge is -2.17. The predicted octanol–water partition coefficient (Wildman–Crippen LogP) is 1.93. The highest BCUT2D eigenvalue weighted by Gasteiger charge is 2.31. The minimum Gasteiger partial charge on any atom is -0.352 e. The molecule has 146 valence electrons. The van der Waals surface area contributed by atoms with Gasteiger partial charge in [-0.2, -0.15) is 5.10 Å².